The predicted molar refractivity (Wildman–Crippen MR) is 114 cm³/mol. The summed E-state index contributed by atoms with van der Waals surface area (Å²) < 4.78 is 10.9. The zero-order valence-corrected chi connectivity index (χ0v) is 18.7. The maximum Gasteiger partial charge on any atom is 0.328 e. The quantitative estimate of drug-likeness (QED) is 0.346. The van der Waals surface area contributed by atoms with Crippen molar-refractivity contribution in [1.29, 1.82) is 0 Å². The number of carbonyl (C=O) groups is 4. The van der Waals surface area contributed by atoms with E-state index in [-0.39, 0.29) is 11.5 Å². The molecule has 31 heavy (non-hydrogen) atoms. The van der Waals surface area contributed by atoms with E-state index in [9.17, 15) is 19.2 Å². The molecule has 1 aromatic carbocycles. The Kier molecular flexibility index (Phi) is 10.6. The smallest absolute Gasteiger partial charge is 0.328 e. The number of ether oxygens (including phenoxy) is 2. The molecule has 0 aliphatic rings. The number of esters is 2. The number of carboxylic acids is 2. The van der Waals surface area contributed by atoms with Crippen molar-refractivity contribution >= 4 is 23.9 Å². The van der Waals surface area contributed by atoms with Gasteiger partial charge < -0.3 is 25.4 Å². The highest BCUT2D eigenvalue weighted by molar-refractivity contribution is 5.89. The molecule has 0 aliphatic carbocycles. The van der Waals surface area contributed by atoms with Crippen molar-refractivity contribution in [2.24, 2.45) is 16.6 Å². The molecule has 0 saturated heterocycles. The summed E-state index contributed by atoms with van der Waals surface area (Å²) >= 11 is 0. The van der Waals surface area contributed by atoms with Gasteiger partial charge in [-0.3, -0.25) is 9.59 Å². The lowest BCUT2D eigenvalue weighted by Gasteiger charge is -2.20. The Bertz CT molecular complexity index is 813. The highest BCUT2D eigenvalue weighted by atomic mass is 16.6. The van der Waals surface area contributed by atoms with Crippen LogP contribution in [0, 0.1) is 10.8 Å². The maximum absolute atomic E-state index is 12.2. The van der Waals surface area contributed by atoms with Crippen LogP contribution in [-0.2, 0) is 25.6 Å². The summed E-state index contributed by atoms with van der Waals surface area (Å²) in [7, 11) is 0. The third-order valence-electron chi connectivity index (χ3n) is 3.44. The normalized spacial score (nSPS) is 11.3. The van der Waals surface area contributed by atoms with E-state index in [1.807, 2.05) is 6.07 Å². The average molecular weight is 437 g/mol. The molecule has 0 heterocycles. The SMILES string of the molecule is CC(C)(C)C(=O)Oc1ccc(CCN)cc1OC(=O)C(C)(C)C.O=C(O)/C=C\C(=O)O. The van der Waals surface area contributed by atoms with Crippen LogP contribution >= 0.6 is 0 Å². The zero-order chi connectivity index (χ0) is 24.4. The lowest BCUT2D eigenvalue weighted by Crippen LogP contribution is -2.28. The summed E-state index contributed by atoms with van der Waals surface area (Å²) in [5.74, 6) is -2.82. The summed E-state index contributed by atoms with van der Waals surface area (Å²) in [5, 5.41) is 15.6. The lowest BCUT2D eigenvalue weighted by atomic mass is 9.97. The largest absolute Gasteiger partial charge is 0.478 e. The summed E-state index contributed by atoms with van der Waals surface area (Å²) in [6.45, 7) is 11.1. The monoisotopic (exact) mass is 437 g/mol. The van der Waals surface area contributed by atoms with Crippen LogP contribution in [-0.4, -0.2) is 40.6 Å². The van der Waals surface area contributed by atoms with E-state index in [2.05, 4.69) is 0 Å². The Hall–Kier alpha value is -3.20. The molecule has 0 bridgehead atoms. The van der Waals surface area contributed by atoms with Gasteiger partial charge in [0, 0.05) is 12.2 Å². The van der Waals surface area contributed by atoms with Gasteiger partial charge in [-0.15, -0.1) is 0 Å². The summed E-state index contributed by atoms with van der Waals surface area (Å²) in [6, 6.07) is 5.15. The van der Waals surface area contributed by atoms with Crippen molar-refractivity contribution in [2.45, 2.75) is 48.0 Å². The van der Waals surface area contributed by atoms with E-state index >= 15 is 0 Å². The zero-order valence-electron chi connectivity index (χ0n) is 18.7. The molecule has 9 nitrogen and oxygen atoms in total. The molecule has 0 amide bonds. The standard InChI is InChI=1S/C18H27NO4.C4H4O4/c1-17(2,3)15(20)22-13-8-7-12(9-10-19)11-14(13)23-16(21)18(4,5)6;5-3(6)1-2-4(7)8/h7-8,11H,9-10,19H2,1-6H3;1-2H,(H,5,6)(H,7,8)/b;2-1-. The summed E-state index contributed by atoms with van der Waals surface area (Å²) in [6.07, 6.45) is 1.76. The fraction of sp³-hybridized carbons (Fsp3) is 0.455. The van der Waals surface area contributed by atoms with Crippen LogP contribution in [0.2, 0.25) is 0 Å². The van der Waals surface area contributed by atoms with E-state index in [0.717, 1.165) is 5.56 Å². The Balaban J connectivity index is 0.000000954. The van der Waals surface area contributed by atoms with Gasteiger partial charge in [-0.25, -0.2) is 9.59 Å². The fourth-order valence-electron chi connectivity index (χ4n) is 1.69. The van der Waals surface area contributed by atoms with E-state index in [1.165, 1.54) is 0 Å². The van der Waals surface area contributed by atoms with Gasteiger partial charge in [0.2, 0.25) is 0 Å². The number of nitrogens with two attached hydrogens (primary N) is 1. The molecule has 9 heteroatoms. The summed E-state index contributed by atoms with van der Waals surface area (Å²) in [4.78, 5) is 43.4. The van der Waals surface area contributed by atoms with Crippen LogP contribution in [0.5, 0.6) is 11.5 Å². The van der Waals surface area contributed by atoms with Crippen molar-refractivity contribution in [3.05, 3.63) is 35.9 Å². The first-order valence-electron chi connectivity index (χ1n) is 9.49. The minimum Gasteiger partial charge on any atom is -0.478 e. The molecule has 4 N–H and O–H groups in total. The molecular formula is C22H31NO8. The second-order valence-corrected chi connectivity index (χ2v) is 8.61. The second kappa shape index (κ2) is 11.8. The van der Waals surface area contributed by atoms with Gasteiger partial charge in [-0.1, -0.05) is 6.07 Å². The van der Waals surface area contributed by atoms with Crippen molar-refractivity contribution < 1.29 is 38.9 Å². The molecule has 0 unspecified atom stereocenters. The molecule has 0 saturated carbocycles. The number of hydrogen-bond donors (Lipinski definition) is 3. The van der Waals surface area contributed by atoms with E-state index < -0.39 is 34.7 Å². The first-order valence-corrected chi connectivity index (χ1v) is 9.49. The van der Waals surface area contributed by atoms with Crippen LogP contribution in [0.1, 0.15) is 47.1 Å². The van der Waals surface area contributed by atoms with E-state index in [4.69, 9.17) is 25.4 Å². The highest BCUT2D eigenvalue weighted by Crippen LogP contribution is 2.32. The third kappa shape index (κ3) is 11.5. The van der Waals surface area contributed by atoms with Crippen LogP contribution in [0.15, 0.2) is 30.4 Å². The van der Waals surface area contributed by atoms with Gasteiger partial charge in [-0.05, 0) is 72.2 Å². The third-order valence-corrected chi connectivity index (χ3v) is 3.44. The van der Waals surface area contributed by atoms with E-state index in [0.29, 0.717) is 25.1 Å². The highest BCUT2D eigenvalue weighted by Gasteiger charge is 2.28. The molecule has 0 aliphatic heterocycles. The molecule has 0 aromatic heterocycles. The van der Waals surface area contributed by atoms with Crippen molar-refractivity contribution in [2.75, 3.05) is 6.54 Å². The summed E-state index contributed by atoms with van der Waals surface area (Å²) in [5.41, 5.74) is 5.17. The number of aliphatic carboxylic acids is 2. The van der Waals surface area contributed by atoms with Gasteiger partial charge in [0.25, 0.3) is 0 Å². The number of carbonyl (C=O) groups excluding carboxylic acids is 2. The average Bonchev–Trinajstić information content (AvgIpc) is 2.61. The number of carboxylic acid groups (broad SMARTS) is 2. The fourth-order valence-corrected chi connectivity index (χ4v) is 1.69. The predicted octanol–water partition coefficient (Wildman–Crippen LogP) is 2.80. The van der Waals surface area contributed by atoms with Crippen molar-refractivity contribution in [1.82, 2.24) is 0 Å². The van der Waals surface area contributed by atoms with Crippen LogP contribution < -0.4 is 15.2 Å². The number of rotatable bonds is 6. The molecule has 0 spiro atoms. The first-order chi connectivity index (χ1) is 14.1. The van der Waals surface area contributed by atoms with Gasteiger partial charge in [0.15, 0.2) is 11.5 Å². The Morgan fingerprint density at radius 3 is 1.61 bits per heavy atom. The maximum atomic E-state index is 12.2. The van der Waals surface area contributed by atoms with Crippen molar-refractivity contribution in [3.63, 3.8) is 0 Å². The Morgan fingerprint density at radius 1 is 0.839 bits per heavy atom. The topological polar surface area (TPSA) is 153 Å². The van der Waals surface area contributed by atoms with Gasteiger partial charge >= 0.3 is 23.9 Å². The Morgan fingerprint density at radius 2 is 1.26 bits per heavy atom. The first kappa shape index (κ1) is 27.8. The van der Waals surface area contributed by atoms with Gasteiger partial charge in [-0.2, -0.15) is 0 Å². The minimum atomic E-state index is -1.26. The number of hydrogen-bond acceptors (Lipinski definition) is 7. The van der Waals surface area contributed by atoms with Crippen molar-refractivity contribution in [3.8, 4) is 11.5 Å². The van der Waals surface area contributed by atoms with Crippen LogP contribution in [0.3, 0.4) is 0 Å². The number of benzene rings is 1. The van der Waals surface area contributed by atoms with Gasteiger partial charge in [0.1, 0.15) is 0 Å². The molecule has 0 atom stereocenters. The molecule has 1 rings (SSSR count). The van der Waals surface area contributed by atoms with Crippen LogP contribution in [0.4, 0.5) is 0 Å². The van der Waals surface area contributed by atoms with Crippen LogP contribution in [0.25, 0.3) is 0 Å². The van der Waals surface area contributed by atoms with E-state index in [1.54, 1.807) is 53.7 Å². The van der Waals surface area contributed by atoms with Gasteiger partial charge in [0.05, 0.1) is 10.8 Å². The molecular weight excluding hydrogens is 406 g/mol. The molecule has 0 radical (unpaired) electrons. The Labute approximate surface area is 181 Å². The molecule has 1 aromatic rings. The minimum absolute atomic E-state index is 0.239. The molecule has 0 fully saturated rings. The second-order valence-electron chi connectivity index (χ2n) is 8.61. The molecule has 172 valence electrons. The lowest BCUT2D eigenvalue weighted by molar-refractivity contribution is -0.145.